The largest absolute Gasteiger partial charge is 0.352 e. The third-order valence-corrected chi connectivity index (χ3v) is 2.68. The van der Waals surface area contributed by atoms with Gasteiger partial charge >= 0.3 is 0 Å². The van der Waals surface area contributed by atoms with Gasteiger partial charge in [0.05, 0.1) is 11.1 Å². The summed E-state index contributed by atoms with van der Waals surface area (Å²) in [6.07, 6.45) is 5.39. The standard InChI is InChI=1S/C15H21N3O2/c1-4-6-17-14(19)12-8-13(10-16-9-12)15(20)18-7-5-11(2)3/h4,8-11H,1,5-7H2,2-3H3,(H,17,19)(H,18,20). The Labute approximate surface area is 119 Å². The van der Waals surface area contributed by atoms with E-state index in [9.17, 15) is 9.59 Å². The van der Waals surface area contributed by atoms with Gasteiger partial charge in [0.25, 0.3) is 11.8 Å². The number of amides is 2. The minimum Gasteiger partial charge on any atom is -0.352 e. The molecule has 5 nitrogen and oxygen atoms in total. The van der Waals surface area contributed by atoms with Gasteiger partial charge in [-0.1, -0.05) is 19.9 Å². The summed E-state index contributed by atoms with van der Waals surface area (Å²) in [6, 6.07) is 1.54. The summed E-state index contributed by atoms with van der Waals surface area (Å²) >= 11 is 0. The molecule has 108 valence electrons. The second-order valence-corrected chi connectivity index (χ2v) is 4.90. The van der Waals surface area contributed by atoms with E-state index in [2.05, 4.69) is 36.0 Å². The molecule has 0 aliphatic heterocycles. The minimum atomic E-state index is -0.269. The van der Waals surface area contributed by atoms with Crippen LogP contribution in [0.15, 0.2) is 31.1 Å². The monoisotopic (exact) mass is 275 g/mol. The smallest absolute Gasteiger partial charge is 0.253 e. The second-order valence-electron chi connectivity index (χ2n) is 4.90. The normalized spacial score (nSPS) is 10.2. The highest BCUT2D eigenvalue weighted by Gasteiger charge is 2.10. The molecule has 1 heterocycles. The Kier molecular flexibility index (Phi) is 6.43. The quantitative estimate of drug-likeness (QED) is 0.745. The molecule has 1 aromatic rings. The van der Waals surface area contributed by atoms with E-state index in [-0.39, 0.29) is 11.8 Å². The Morgan fingerprint density at radius 1 is 1.25 bits per heavy atom. The van der Waals surface area contributed by atoms with Crippen LogP contribution in [0.5, 0.6) is 0 Å². The average Bonchev–Trinajstić information content (AvgIpc) is 2.44. The molecule has 2 amide bonds. The molecule has 5 heteroatoms. The molecule has 0 saturated carbocycles. The summed E-state index contributed by atoms with van der Waals surface area (Å²) in [5.74, 6) is 0.0511. The van der Waals surface area contributed by atoms with Crippen LogP contribution in [0.4, 0.5) is 0 Å². The van der Waals surface area contributed by atoms with E-state index in [4.69, 9.17) is 0 Å². The molecule has 20 heavy (non-hydrogen) atoms. The number of pyridine rings is 1. The molecule has 0 saturated heterocycles. The van der Waals surface area contributed by atoms with Crippen LogP contribution in [0.3, 0.4) is 0 Å². The van der Waals surface area contributed by atoms with Crippen molar-refractivity contribution < 1.29 is 9.59 Å². The van der Waals surface area contributed by atoms with Crippen molar-refractivity contribution in [3.05, 3.63) is 42.2 Å². The number of rotatable bonds is 7. The first-order valence-electron chi connectivity index (χ1n) is 6.67. The molecule has 0 aromatic carbocycles. The number of hydrogen-bond acceptors (Lipinski definition) is 3. The lowest BCUT2D eigenvalue weighted by Gasteiger charge is -2.08. The molecular formula is C15H21N3O2. The highest BCUT2D eigenvalue weighted by Crippen LogP contribution is 2.04. The second kappa shape index (κ2) is 8.09. The highest BCUT2D eigenvalue weighted by atomic mass is 16.2. The van der Waals surface area contributed by atoms with Crippen LogP contribution in [0.25, 0.3) is 0 Å². The summed E-state index contributed by atoms with van der Waals surface area (Å²) in [5.41, 5.74) is 0.753. The average molecular weight is 275 g/mol. The Balaban J connectivity index is 2.64. The molecule has 2 N–H and O–H groups in total. The van der Waals surface area contributed by atoms with Crippen molar-refractivity contribution in [2.45, 2.75) is 20.3 Å². The topological polar surface area (TPSA) is 71.1 Å². The number of aromatic nitrogens is 1. The van der Waals surface area contributed by atoms with E-state index in [0.29, 0.717) is 30.1 Å². The van der Waals surface area contributed by atoms with Gasteiger partial charge in [0.15, 0.2) is 0 Å². The summed E-state index contributed by atoms with van der Waals surface area (Å²) in [4.78, 5) is 27.6. The van der Waals surface area contributed by atoms with Gasteiger partial charge in [0, 0.05) is 25.5 Å². The zero-order valence-corrected chi connectivity index (χ0v) is 12.0. The molecule has 0 aliphatic carbocycles. The third kappa shape index (κ3) is 5.22. The fourth-order valence-electron chi connectivity index (χ4n) is 1.53. The molecule has 1 rings (SSSR count). The van der Waals surface area contributed by atoms with Gasteiger partial charge in [0.2, 0.25) is 0 Å². The van der Waals surface area contributed by atoms with Crippen molar-refractivity contribution in [2.24, 2.45) is 5.92 Å². The predicted molar refractivity (Wildman–Crippen MR) is 78.6 cm³/mol. The van der Waals surface area contributed by atoms with E-state index in [1.807, 2.05) is 0 Å². The zero-order chi connectivity index (χ0) is 15.0. The molecular weight excluding hydrogens is 254 g/mol. The number of carbonyl (C=O) groups excluding carboxylic acids is 2. The first kappa shape index (κ1) is 15.9. The predicted octanol–water partition coefficient (Wildman–Crippen LogP) is 1.77. The van der Waals surface area contributed by atoms with Gasteiger partial charge in [-0.2, -0.15) is 0 Å². The fourth-order valence-corrected chi connectivity index (χ4v) is 1.53. The van der Waals surface area contributed by atoms with Gasteiger partial charge in [-0.15, -0.1) is 6.58 Å². The van der Waals surface area contributed by atoms with Crippen LogP contribution in [-0.2, 0) is 0 Å². The van der Waals surface area contributed by atoms with Crippen molar-refractivity contribution in [1.29, 1.82) is 0 Å². The molecule has 0 fully saturated rings. The van der Waals surface area contributed by atoms with Crippen LogP contribution < -0.4 is 10.6 Å². The van der Waals surface area contributed by atoms with Crippen molar-refractivity contribution in [1.82, 2.24) is 15.6 Å². The van der Waals surface area contributed by atoms with Crippen molar-refractivity contribution in [3.8, 4) is 0 Å². The SMILES string of the molecule is C=CCNC(=O)c1cncc(C(=O)NCCC(C)C)c1. The van der Waals surface area contributed by atoms with E-state index in [0.717, 1.165) is 6.42 Å². The molecule has 0 aliphatic rings. The van der Waals surface area contributed by atoms with Gasteiger partial charge in [-0.05, 0) is 18.4 Å². The maximum absolute atomic E-state index is 11.9. The zero-order valence-electron chi connectivity index (χ0n) is 12.0. The van der Waals surface area contributed by atoms with Crippen LogP contribution in [-0.4, -0.2) is 29.9 Å². The molecule has 0 unspecified atom stereocenters. The summed E-state index contributed by atoms with van der Waals surface area (Å²) in [6.45, 7) is 8.71. The molecule has 0 bridgehead atoms. The Bertz CT molecular complexity index is 484. The summed E-state index contributed by atoms with van der Waals surface area (Å²) in [7, 11) is 0. The Morgan fingerprint density at radius 3 is 2.40 bits per heavy atom. The molecule has 0 radical (unpaired) electrons. The van der Waals surface area contributed by atoms with E-state index < -0.39 is 0 Å². The van der Waals surface area contributed by atoms with Gasteiger partial charge in [-0.3, -0.25) is 14.6 Å². The lowest BCUT2D eigenvalue weighted by atomic mass is 10.1. The number of hydrogen-bond donors (Lipinski definition) is 2. The Morgan fingerprint density at radius 2 is 1.85 bits per heavy atom. The lowest BCUT2D eigenvalue weighted by molar-refractivity contribution is 0.0951. The maximum atomic E-state index is 11.9. The third-order valence-electron chi connectivity index (χ3n) is 2.68. The Hall–Kier alpha value is -2.17. The van der Waals surface area contributed by atoms with Crippen LogP contribution in [0, 0.1) is 5.92 Å². The fraction of sp³-hybridized carbons (Fsp3) is 0.400. The molecule has 0 atom stereocenters. The summed E-state index contributed by atoms with van der Waals surface area (Å²) in [5, 5.41) is 5.46. The first-order valence-corrected chi connectivity index (χ1v) is 6.67. The van der Waals surface area contributed by atoms with E-state index in [1.165, 1.54) is 18.5 Å². The van der Waals surface area contributed by atoms with Crippen molar-refractivity contribution in [3.63, 3.8) is 0 Å². The van der Waals surface area contributed by atoms with Crippen LogP contribution in [0.2, 0.25) is 0 Å². The van der Waals surface area contributed by atoms with Crippen LogP contribution >= 0.6 is 0 Å². The number of nitrogens with one attached hydrogen (secondary N) is 2. The van der Waals surface area contributed by atoms with Crippen LogP contribution in [0.1, 0.15) is 41.0 Å². The van der Waals surface area contributed by atoms with Gasteiger partial charge < -0.3 is 10.6 Å². The van der Waals surface area contributed by atoms with Crippen molar-refractivity contribution in [2.75, 3.05) is 13.1 Å². The molecule has 0 spiro atoms. The maximum Gasteiger partial charge on any atom is 0.253 e. The summed E-state index contributed by atoms with van der Waals surface area (Å²) < 4.78 is 0. The van der Waals surface area contributed by atoms with Crippen molar-refractivity contribution >= 4 is 11.8 Å². The lowest BCUT2D eigenvalue weighted by Crippen LogP contribution is -2.27. The van der Waals surface area contributed by atoms with Gasteiger partial charge in [0.1, 0.15) is 0 Å². The number of carbonyl (C=O) groups is 2. The number of nitrogens with zero attached hydrogens (tertiary/aromatic N) is 1. The van der Waals surface area contributed by atoms with Gasteiger partial charge in [-0.25, -0.2) is 0 Å². The van der Waals surface area contributed by atoms with E-state index in [1.54, 1.807) is 6.08 Å². The highest BCUT2D eigenvalue weighted by molar-refractivity contribution is 5.99. The molecule has 1 aromatic heterocycles. The first-order chi connectivity index (χ1) is 9.54. The van der Waals surface area contributed by atoms with E-state index >= 15 is 0 Å². The minimum absolute atomic E-state index is 0.212.